The highest BCUT2D eigenvalue weighted by atomic mass is 32.2. The van der Waals surface area contributed by atoms with E-state index in [9.17, 15) is 18.0 Å². The largest absolute Gasteiger partial charge is 0.449 e. The second-order valence-corrected chi connectivity index (χ2v) is 7.95. The molecule has 2 aromatic carbocycles. The number of nitrogens with two attached hydrogens (primary N) is 1. The second-order valence-electron chi connectivity index (χ2n) is 6.33. The van der Waals surface area contributed by atoms with Crippen molar-refractivity contribution in [1.82, 2.24) is 0 Å². The van der Waals surface area contributed by atoms with Crippen molar-refractivity contribution in [3.05, 3.63) is 58.7 Å². The molecule has 2 rings (SSSR count). The predicted molar refractivity (Wildman–Crippen MR) is 102 cm³/mol. The number of ether oxygens (including phenoxy) is 1. The van der Waals surface area contributed by atoms with Crippen LogP contribution in [0.4, 0.5) is 5.69 Å². The minimum absolute atomic E-state index is 0.0170. The van der Waals surface area contributed by atoms with Crippen molar-refractivity contribution in [2.45, 2.75) is 38.7 Å². The number of sulfonamides is 1. The van der Waals surface area contributed by atoms with Gasteiger partial charge < -0.3 is 10.5 Å². The summed E-state index contributed by atoms with van der Waals surface area (Å²) < 4.78 is 33.3. The standard InChI is InChI=1S/C19H22N2O5S/c1-11-9-12(2)17(13(3)10-11)27(24,25)21-16-8-6-5-7-15(16)19(23)26-14(4)18(20)22/h5-10,14,21H,1-4H3,(H2,20,22)/t14-/m0/s1. The molecule has 1 atom stereocenters. The zero-order chi connectivity index (χ0) is 20.4. The third kappa shape index (κ3) is 4.65. The van der Waals surface area contributed by atoms with Crippen molar-refractivity contribution in [2.75, 3.05) is 4.72 Å². The van der Waals surface area contributed by atoms with E-state index in [1.54, 1.807) is 38.1 Å². The van der Waals surface area contributed by atoms with Crippen LogP contribution in [0.2, 0.25) is 0 Å². The molecule has 0 saturated carbocycles. The summed E-state index contributed by atoms with van der Waals surface area (Å²) in [4.78, 5) is 23.6. The number of aryl methyl sites for hydroxylation is 3. The van der Waals surface area contributed by atoms with E-state index in [0.717, 1.165) is 5.56 Å². The van der Waals surface area contributed by atoms with Gasteiger partial charge in [-0.15, -0.1) is 0 Å². The van der Waals surface area contributed by atoms with Crippen molar-refractivity contribution < 1.29 is 22.7 Å². The van der Waals surface area contributed by atoms with E-state index in [1.807, 2.05) is 6.92 Å². The molecule has 0 aliphatic rings. The number of esters is 1. The van der Waals surface area contributed by atoms with Gasteiger partial charge in [-0.25, -0.2) is 13.2 Å². The molecule has 0 unspecified atom stereocenters. The van der Waals surface area contributed by atoms with Crippen LogP contribution in [-0.2, 0) is 19.6 Å². The maximum absolute atomic E-state index is 12.9. The van der Waals surface area contributed by atoms with Gasteiger partial charge in [0.1, 0.15) is 0 Å². The third-order valence-corrected chi connectivity index (χ3v) is 5.62. The lowest BCUT2D eigenvalue weighted by Crippen LogP contribution is -2.30. The lowest BCUT2D eigenvalue weighted by molar-refractivity contribution is -0.125. The van der Waals surface area contributed by atoms with Gasteiger partial charge in [0.15, 0.2) is 6.10 Å². The van der Waals surface area contributed by atoms with E-state index in [0.29, 0.717) is 11.1 Å². The van der Waals surface area contributed by atoms with Crippen LogP contribution in [0.15, 0.2) is 41.3 Å². The van der Waals surface area contributed by atoms with E-state index >= 15 is 0 Å². The van der Waals surface area contributed by atoms with Gasteiger partial charge in [0.25, 0.3) is 15.9 Å². The highest BCUT2D eigenvalue weighted by Crippen LogP contribution is 2.26. The molecule has 144 valence electrons. The quantitative estimate of drug-likeness (QED) is 0.735. The summed E-state index contributed by atoms with van der Waals surface area (Å²) in [7, 11) is -3.94. The third-order valence-electron chi connectivity index (χ3n) is 3.95. The Labute approximate surface area is 158 Å². The summed E-state index contributed by atoms with van der Waals surface area (Å²) in [5.41, 5.74) is 7.28. The summed E-state index contributed by atoms with van der Waals surface area (Å²) in [5, 5.41) is 0. The normalized spacial score (nSPS) is 12.3. The molecule has 7 nitrogen and oxygen atoms in total. The Morgan fingerprint density at radius 2 is 1.63 bits per heavy atom. The molecule has 0 heterocycles. The first-order valence-corrected chi connectivity index (χ1v) is 9.71. The highest BCUT2D eigenvalue weighted by Gasteiger charge is 2.24. The minimum atomic E-state index is -3.94. The number of benzene rings is 2. The molecule has 3 N–H and O–H groups in total. The van der Waals surface area contributed by atoms with Crippen molar-refractivity contribution in [3.8, 4) is 0 Å². The highest BCUT2D eigenvalue weighted by molar-refractivity contribution is 7.92. The zero-order valence-electron chi connectivity index (χ0n) is 15.6. The van der Waals surface area contributed by atoms with Crippen LogP contribution in [0.25, 0.3) is 0 Å². The van der Waals surface area contributed by atoms with Gasteiger partial charge >= 0.3 is 5.97 Å². The van der Waals surface area contributed by atoms with E-state index in [4.69, 9.17) is 10.5 Å². The fraction of sp³-hybridized carbons (Fsp3) is 0.263. The summed E-state index contributed by atoms with van der Waals surface area (Å²) in [6, 6.07) is 9.55. The first-order chi connectivity index (χ1) is 12.5. The van der Waals surface area contributed by atoms with Crippen LogP contribution in [0.1, 0.15) is 34.0 Å². The van der Waals surface area contributed by atoms with Crippen molar-refractivity contribution in [2.24, 2.45) is 5.73 Å². The maximum atomic E-state index is 12.9. The number of amides is 1. The molecular formula is C19H22N2O5S. The Balaban J connectivity index is 2.41. The molecule has 0 aliphatic heterocycles. The van der Waals surface area contributed by atoms with Crippen LogP contribution < -0.4 is 10.5 Å². The van der Waals surface area contributed by atoms with Crippen molar-refractivity contribution in [1.29, 1.82) is 0 Å². The predicted octanol–water partition coefficient (Wildman–Crippen LogP) is 2.44. The van der Waals surface area contributed by atoms with Gasteiger partial charge in [-0.3, -0.25) is 9.52 Å². The number of hydrogen-bond donors (Lipinski definition) is 2. The van der Waals surface area contributed by atoms with Crippen LogP contribution in [-0.4, -0.2) is 26.4 Å². The number of rotatable bonds is 6. The molecule has 0 spiro atoms. The van der Waals surface area contributed by atoms with Gasteiger partial charge in [-0.2, -0.15) is 0 Å². The molecule has 0 aliphatic carbocycles. The minimum Gasteiger partial charge on any atom is -0.449 e. The smallest absolute Gasteiger partial charge is 0.341 e. The number of primary amides is 1. The van der Waals surface area contributed by atoms with Gasteiger partial charge in [0.2, 0.25) is 0 Å². The monoisotopic (exact) mass is 390 g/mol. The number of anilines is 1. The molecule has 2 aromatic rings. The van der Waals surface area contributed by atoms with Crippen LogP contribution in [0.5, 0.6) is 0 Å². The van der Waals surface area contributed by atoms with Gasteiger partial charge in [0, 0.05) is 0 Å². The fourth-order valence-electron chi connectivity index (χ4n) is 2.82. The fourth-order valence-corrected chi connectivity index (χ4v) is 4.35. The molecule has 0 saturated heterocycles. The Bertz CT molecular complexity index is 976. The Hall–Kier alpha value is -2.87. The molecule has 0 aromatic heterocycles. The molecular weight excluding hydrogens is 368 g/mol. The van der Waals surface area contributed by atoms with Crippen LogP contribution in [0.3, 0.4) is 0 Å². The van der Waals surface area contributed by atoms with Crippen molar-refractivity contribution >= 4 is 27.6 Å². The SMILES string of the molecule is Cc1cc(C)c(S(=O)(=O)Nc2ccccc2C(=O)O[C@@H](C)C(N)=O)c(C)c1. The Kier molecular flexibility index (Phi) is 5.90. The first-order valence-electron chi connectivity index (χ1n) is 8.23. The lowest BCUT2D eigenvalue weighted by atomic mass is 10.1. The summed E-state index contributed by atoms with van der Waals surface area (Å²) in [5.74, 6) is -1.65. The first kappa shape index (κ1) is 20.4. The van der Waals surface area contributed by atoms with E-state index < -0.39 is 28.0 Å². The van der Waals surface area contributed by atoms with E-state index in [2.05, 4.69) is 4.72 Å². The number of carbonyl (C=O) groups is 2. The molecule has 0 radical (unpaired) electrons. The van der Waals surface area contributed by atoms with Crippen LogP contribution in [0, 0.1) is 20.8 Å². The van der Waals surface area contributed by atoms with Gasteiger partial charge in [0.05, 0.1) is 16.1 Å². The average Bonchev–Trinajstić information content (AvgIpc) is 2.53. The number of nitrogens with one attached hydrogen (secondary N) is 1. The summed E-state index contributed by atoms with van der Waals surface area (Å²) >= 11 is 0. The lowest BCUT2D eigenvalue weighted by Gasteiger charge is -2.16. The topological polar surface area (TPSA) is 116 Å². The van der Waals surface area contributed by atoms with Crippen molar-refractivity contribution in [3.63, 3.8) is 0 Å². The number of para-hydroxylation sites is 1. The summed E-state index contributed by atoms with van der Waals surface area (Å²) in [6.45, 7) is 6.65. The molecule has 1 amide bonds. The van der Waals surface area contributed by atoms with E-state index in [1.165, 1.54) is 19.1 Å². The average molecular weight is 390 g/mol. The van der Waals surface area contributed by atoms with Crippen LogP contribution >= 0.6 is 0 Å². The number of hydrogen-bond acceptors (Lipinski definition) is 5. The zero-order valence-corrected chi connectivity index (χ0v) is 16.4. The van der Waals surface area contributed by atoms with Gasteiger partial charge in [-0.05, 0) is 51.0 Å². The Morgan fingerprint density at radius 1 is 1.07 bits per heavy atom. The Morgan fingerprint density at radius 3 is 2.19 bits per heavy atom. The molecule has 27 heavy (non-hydrogen) atoms. The van der Waals surface area contributed by atoms with E-state index in [-0.39, 0.29) is 16.1 Å². The second kappa shape index (κ2) is 7.79. The number of carbonyl (C=O) groups excluding carboxylic acids is 2. The molecule has 8 heteroatoms. The molecule has 0 bridgehead atoms. The maximum Gasteiger partial charge on any atom is 0.341 e. The van der Waals surface area contributed by atoms with Gasteiger partial charge in [-0.1, -0.05) is 29.8 Å². The summed E-state index contributed by atoms with van der Waals surface area (Å²) in [6.07, 6.45) is -1.14. The molecule has 0 fully saturated rings.